The third kappa shape index (κ3) is 3.31. The van der Waals surface area contributed by atoms with Gasteiger partial charge in [-0.1, -0.05) is 25.1 Å². The normalized spacial score (nSPS) is 19.2. The fourth-order valence-corrected chi connectivity index (χ4v) is 2.57. The SMILES string of the molecule is CCCNC(=O)CCNC1c2ccccc2OC1(C)C. The van der Waals surface area contributed by atoms with Gasteiger partial charge in [0.05, 0.1) is 6.04 Å². The largest absolute Gasteiger partial charge is 0.486 e. The van der Waals surface area contributed by atoms with Gasteiger partial charge in [0.15, 0.2) is 0 Å². The van der Waals surface area contributed by atoms with E-state index in [4.69, 9.17) is 4.74 Å². The molecule has 0 radical (unpaired) electrons. The summed E-state index contributed by atoms with van der Waals surface area (Å²) in [6, 6.07) is 8.20. The van der Waals surface area contributed by atoms with Crippen LogP contribution >= 0.6 is 0 Å². The molecule has 1 amide bonds. The summed E-state index contributed by atoms with van der Waals surface area (Å²) in [4.78, 5) is 11.6. The zero-order valence-corrected chi connectivity index (χ0v) is 12.5. The summed E-state index contributed by atoms with van der Waals surface area (Å²) in [5.41, 5.74) is 0.885. The monoisotopic (exact) mass is 276 g/mol. The third-order valence-electron chi connectivity index (χ3n) is 3.57. The molecule has 2 rings (SSSR count). The topological polar surface area (TPSA) is 50.4 Å². The van der Waals surface area contributed by atoms with Crippen LogP contribution in [-0.4, -0.2) is 24.6 Å². The molecule has 0 spiro atoms. The van der Waals surface area contributed by atoms with E-state index in [0.717, 1.165) is 18.7 Å². The van der Waals surface area contributed by atoms with Gasteiger partial charge in [0.25, 0.3) is 0 Å². The maximum absolute atomic E-state index is 11.6. The van der Waals surface area contributed by atoms with E-state index in [9.17, 15) is 4.79 Å². The van der Waals surface area contributed by atoms with Gasteiger partial charge in [0.2, 0.25) is 5.91 Å². The van der Waals surface area contributed by atoms with E-state index in [1.165, 1.54) is 5.56 Å². The van der Waals surface area contributed by atoms with Crippen molar-refractivity contribution in [3.8, 4) is 5.75 Å². The highest BCUT2D eigenvalue weighted by Crippen LogP contribution is 2.42. The first-order valence-corrected chi connectivity index (χ1v) is 7.32. The molecule has 20 heavy (non-hydrogen) atoms. The van der Waals surface area contributed by atoms with Crippen molar-refractivity contribution in [2.24, 2.45) is 0 Å². The Bertz CT molecular complexity index is 471. The first-order chi connectivity index (χ1) is 9.54. The van der Waals surface area contributed by atoms with Crippen molar-refractivity contribution in [3.63, 3.8) is 0 Å². The van der Waals surface area contributed by atoms with Gasteiger partial charge < -0.3 is 15.4 Å². The van der Waals surface area contributed by atoms with Crippen LogP contribution in [0.5, 0.6) is 5.75 Å². The van der Waals surface area contributed by atoms with E-state index in [1.54, 1.807) is 0 Å². The predicted octanol–water partition coefficient (Wildman–Crippen LogP) is 2.40. The number of rotatable bonds is 6. The number of amides is 1. The van der Waals surface area contributed by atoms with Crippen molar-refractivity contribution in [2.45, 2.75) is 45.3 Å². The van der Waals surface area contributed by atoms with Crippen molar-refractivity contribution < 1.29 is 9.53 Å². The van der Waals surface area contributed by atoms with E-state index in [2.05, 4.69) is 30.5 Å². The predicted molar refractivity (Wildman–Crippen MR) is 79.8 cm³/mol. The molecular formula is C16H24N2O2. The number of para-hydroxylation sites is 1. The smallest absolute Gasteiger partial charge is 0.221 e. The lowest BCUT2D eigenvalue weighted by molar-refractivity contribution is -0.121. The minimum atomic E-state index is -0.288. The molecule has 1 aliphatic heterocycles. The van der Waals surface area contributed by atoms with Gasteiger partial charge in [0, 0.05) is 25.1 Å². The van der Waals surface area contributed by atoms with Crippen molar-refractivity contribution in [1.82, 2.24) is 10.6 Å². The molecule has 0 aliphatic carbocycles. The molecule has 1 unspecified atom stereocenters. The summed E-state index contributed by atoms with van der Waals surface area (Å²) in [5, 5.41) is 6.34. The Hall–Kier alpha value is -1.55. The minimum absolute atomic E-state index is 0.101. The lowest BCUT2D eigenvalue weighted by Gasteiger charge is -2.27. The Labute approximate surface area is 120 Å². The fraction of sp³-hybridized carbons (Fsp3) is 0.562. The van der Waals surface area contributed by atoms with Crippen molar-refractivity contribution in [3.05, 3.63) is 29.8 Å². The van der Waals surface area contributed by atoms with Crippen LogP contribution in [0.3, 0.4) is 0 Å². The number of ether oxygens (including phenoxy) is 1. The Kier molecular flexibility index (Phi) is 4.65. The molecule has 0 saturated heterocycles. The van der Waals surface area contributed by atoms with Crippen LogP contribution in [0.15, 0.2) is 24.3 Å². The zero-order chi connectivity index (χ0) is 14.6. The van der Waals surface area contributed by atoms with Crippen molar-refractivity contribution >= 4 is 5.91 Å². The second kappa shape index (κ2) is 6.27. The van der Waals surface area contributed by atoms with Gasteiger partial charge in [0.1, 0.15) is 11.4 Å². The standard InChI is InChI=1S/C16H24N2O2/c1-4-10-17-14(19)9-11-18-15-12-7-5-6-8-13(12)20-16(15,2)3/h5-8,15,18H,4,9-11H2,1-3H3,(H,17,19). The molecular weight excluding hydrogens is 252 g/mol. The number of hydrogen-bond acceptors (Lipinski definition) is 3. The third-order valence-corrected chi connectivity index (χ3v) is 3.57. The number of carbonyl (C=O) groups is 1. The van der Waals surface area contributed by atoms with Gasteiger partial charge in [-0.3, -0.25) is 4.79 Å². The molecule has 1 aromatic rings. The first-order valence-electron chi connectivity index (χ1n) is 7.32. The Morgan fingerprint density at radius 1 is 1.30 bits per heavy atom. The molecule has 0 bridgehead atoms. The number of benzene rings is 1. The van der Waals surface area contributed by atoms with E-state index in [0.29, 0.717) is 13.0 Å². The van der Waals surface area contributed by atoms with Crippen LogP contribution < -0.4 is 15.4 Å². The summed E-state index contributed by atoms with van der Waals surface area (Å²) in [5.74, 6) is 1.04. The molecule has 1 aliphatic rings. The number of nitrogens with one attached hydrogen (secondary N) is 2. The molecule has 1 heterocycles. The van der Waals surface area contributed by atoms with Gasteiger partial charge >= 0.3 is 0 Å². The summed E-state index contributed by atoms with van der Waals surface area (Å²) < 4.78 is 5.97. The van der Waals surface area contributed by atoms with Crippen LogP contribution in [0.25, 0.3) is 0 Å². The molecule has 4 nitrogen and oxygen atoms in total. The van der Waals surface area contributed by atoms with Gasteiger partial charge in [-0.2, -0.15) is 0 Å². The van der Waals surface area contributed by atoms with E-state index in [1.807, 2.05) is 25.1 Å². The van der Waals surface area contributed by atoms with Crippen LogP contribution in [-0.2, 0) is 4.79 Å². The van der Waals surface area contributed by atoms with Crippen LogP contribution in [0.4, 0.5) is 0 Å². The summed E-state index contributed by atoms with van der Waals surface area (Å²) in [6.07, 6.45) is 1.46. The summed E-state index contributed by atoms with van der Waals surface area (Å²) in [6.45, 7) is 7.60. The van der Waals surface area contributed by atoms with E-state index >= 15 is 0 Å². The number of fused-ring (bicyclic) bond motifs is 1. The lowest BCUT2D eigenvalue weighted by atomic mass is 9.94. The maximum Gasteiger partial charge on any atom is 0.221 e. The van der Waals surface area contributed by atoms with E-state index < -0.39 is 0 Å². The Morgan fingerprint density at radius 2 is 2.05 bits per heavy atom. The second-order valence-electron chi connectivity index (χ2n) is 5.73. The number of carbonyl (C=O) groups excluding carboxylic acids is 1. The average Bonchev–Trinajstić information content (AvgIpc) is 2.67. The molecule has 110 valence electrons. The van der Waals surface area contributed by atoms with Gasteiger partial charge in [-0.05, 0) is 26.3 Å². The van der Waals surface area contributed by atoms with Crippen molar-refractivity contribution in [2.75, 3.05) is 13.1 Å². The average molecular weight is 276 g/mol. The maximum atomic E-state index is 11.6. The van der Waals surface area contributed by atoms with Crippen LogP contribution in [0, 0.1) is 0 Å². The summed E-state index contributed by atoms with van der Waals surface area (Å²) >= 11 is 0. The molecule has 0 aromatic heterocycles. The molecule has 2 N–H and O–H groups in total. The van der Waals surface area contributed by atoms with Gasteiger partial charge in [-0.15, -0.1) is 0 Å². The number of hydrogen-bond donors (Lipinski definition) is 2. The molecule has 1 aromatic carbocycles. The second-order valence-corrected chi connectivity index (χ2v) is 5.73. The Morgan fingerprint density at radius 3 is 2.80 bits per heavy atom. The minimum Gasteiger partial charge on any atom is -0.486 e. The highest BCUT2D eigenvalue weighted by molar-refractivity contribution is 5.76. The summed E-state index contributed by atoms with van der Waals surface area (Å²) in [7, 11) is 0. The quantitative estimate of drug-likeness (QED) is 0.839. The molecule has 0 saturated carbocycles. The lowest BCUT2D eigenvalue weighted by Crippen LogP contribution is -2.40. The molecule has 1 atom stereocenters. The first kappa shape index (κ1) is 14.9. The van der Waals surface area contributed by atoms with Crippen molar-refractivity contribution in [1.29, 1.82) is 0 Å². The fourth-order valence-electron chi connectivity index (χ4n) is 2.57. The van der Waals surface area contributed by atoms with Gasteiger partial charge in [-0.25, -0.2) is 0 Å². The van der Waals surface area contributed by atoms with E-state index in [-0.39, 0.29) is 17.6 Å². The highest BCUT2D eigenvalue weighted by atomic mass is 16.5. The highest BCUT2D eigenvalue weighted by Gasteiger charge is 2.40. The van der Waals surface area contributed by atoms with Crippen LogP contribution in [0.2, 0.25) is 0 Å². The molecule has 0 fully saturated rings. The van der Waals surface area contributed by atoms with Crippen LogP contribution in [0.1, 0.15) is 45.2 Å². The zero-order valence-electron chi connectivity index (χ0n) is 12.5. The Balaban J connectivity index is 1.90. The molecule has 4 heteroatoms.